The van der Waals surface area contributed by atoms with E-state index in [0.717, 1.165) is 33.8 Å². The largest absolute Gasteiger partial charge is 0.356 e. The number of fused-ring (bicyclic) bond motifs is 1. The lowest BCUT2D eigenvalue weighted by Gasteiger charge is -2.29. The van der Waals surface area contributed by atoms with Gasteiger partial charge in [0.1, 0.15) is 0 Å². The molecule has 2 aromatic rings. The number of para-hydroxylation sites is 2. The van der Waals surface area contributed by atoms with Gasteiger partial charge >= 0.3 is 0 Å². The van der Waals surface area contributed by atoms with Gasteiger partial charge < -0.3 is 10.2 Å². The first-order chi connectivity index (χ1) is 16.0. The molecule has 1 heterocycles. The molecule has 2 atom stereocenters. The number of nitrogens with one attached hydrogen (secondary N) is 1. The molecule has 2 unspecified atom stereocenters. The summed E-state index contributed by atoms with van der Waals surface area (Å²) in [5, 5.41) is 2.88. The number of halogens is 2. The zero-order chi connectivity index (χ0) is 25.1. The third-order valence-electron chi connectivity index (χ3n) is 6.62. The van der Waals surface area contributed by atoms with Gasteiger partial charge in [-0.3, -0.25) is 0 Å². The molecule has 0 saturated heterocycles. The first-order valence-electron chi connectivity index (χ1n) is 11.8. The highest BCUT2D eigenvalue weighted by Crippen LogP contribution is 2.48. The first kappa shape index (κ1) is 25.5. The maximum absolute atomic E-state index is 14.6. The average Bonchev–Trinajstić information content (AvgIpc) is 3.00. The number of allylic oxidation sites excluding steroid dienone is 7. The van der Waals surface area contributed by atoms with E-state index in [1.807, 2.05) is 72.8 Å². The molecular formula is C30H36F2N2. The standard InChI is InChI=1S/C30H36F2N2/c1-21(29(4,5)24-16-11-13-18-26(24)33-22(2)31)15-9-8-10-20-28-30(6,7)25-17-12-14-19-27(25)34(28)23(3)32/h8-20,22-23,33H,1H2,2-7H3/b10-8+,15-9+,28-20+. The van der Waals surface area contributed by atoms with E-state index in [1.54, 1.807) is 11.8 Å². The maximum Gasteiger partial charge on any atom is 0.173 e. The van der Waals surface area contributed by atoms with Gasteiger partial charge in [0.2, 0.25) is 0 Å². The van der Waals surface area contributed by atoms with Crippen LogP contribution in [0, 0.1) is 0 Å². The van der Waals surface area contributed by atoms with Crippen LogP contribution in [0.5, 0.6) is 0 Å². The number of anilines is 2. The van der Waals surface area contributed by atoms with Crippen molar-refractivity contribution in [3.8, 4) is 0 Å². The van der Waals surface area contributed by atoms with Gasteiger partial charge in [-0.15, -0.1) is 0 Å². The van der Waals surface area contributed by atoms with Crippen molar-refractivity contribution in [2.24, 2.45) is 0 Å². The molecule has 4 heteroatoms. The van der Waals surface area contributed by atoms with Gasteiger partial charge in [0.05, 0.1) is 0 Å². The van der Waals surface area contributed by atoms with Crippen LogP contribution in [0.3, 0.4) is 0 Å². The molecule has 0 spiro atoms. The number of rotatable bonds is 8. The second-order valence-corrected chi connectivity index (χ2v) is 9.84. The quantitative estimate of drug-likeness (QED) is 0.313. The van der Waals surface area contributed by atoms with Crippen molar-refractivity contribution in [2.75, 3.05) is 10.2 Å². The van der Waals surface area contributed by atoms with Crippen LogP contribution < -0.4 is 10.2 Å². The molecule has 0 aliphatic carbocycles. The smallest absolute Gasteiger partial charge is 0.173 e. The van der Waals surface area contributed by atoms with E-state index in [4.69, 9.17) is 0 Å². The number of benzene rings is 2. The summed E-state index contributed by atoms with van der Waals surface area (Å²) in [7, 11) is 0. The Morgan fingerprint density at radius 1 is 1.00 bits per heavy atom. The number of nitrogens with zero attached hydrogens (tertiary/aromatic N) is 1. The van der Waals surface area contributed by atoms with E-state index < -0.39 is 18.0 Å². The Bertz CT molecular complexity index is 1120. The summed E-state index contributed by atoms with van der Waals surface area (Å²) >= 11 is 0. The van der Waals surface area contributed by atoms with Gasteiger partial charge in [-0.25, -0.2) is 8.78 Å². The minimum Gasteiger partial charge on any atom is -0.356 e. The van der Waals surface area contributed by atoms with Crippen LogP contribution >= 0.6 is 0 Å². The maximum atomic E-state index is 14.6. The lowest BCUT2D eigenvalue weighted by Crippen LogP contribution is -2.30. The number of alkyl halides is 2. The van der Waals surface area contributed by atoms with E-state index in [9.17, 15) is 8.78 Å². The molecule has 1 N–H and O–H groups in total. The molecule has 3 rings (SSSR count). The predicted octanol–water partition coefficient (Wildman–Crippen LogP) is 8.36. The van der Waals surface area contributed by atoms with Crippen molar-refractivity contribution in [3.63, 3.8) is 0 Å². The molecule has 180 valence electrons. The van der Waals surface area contributed by atoms with E-state index in [0.29, 0.717) is 0 Å². The van der Waals surface area contributed by atoms with Crippen LogP contribution in [-0.4, -0.2) is 12.6 Å². The summed E-state index contributed by atoms with van der Waals surface area (Å²) in [4.78, 5) is 1.77. The third kappa shape index (κ3) is 5.01. The summed E-state index contributed by atoms with van der Waals surface area (Å²) in [5.41, 5.74) is 4.94. The minimum atomic E-state index is -1.14. The second-order valence-electron chi connectivity index (χ2n) is 9.84. The van der Waals surface area contributed by atoms with Gasteiger partial charge in [0.15, 0.2) is 12.6 Å². The topological polar surface area (TPSA) is 15.3 Å². The van der Waals surface area contributed by atoms with Crippen LogP contribution in [0.1, 0.15) is 52.7 Å². The molecule has 1 aliphatic heterocycles. The van der Waals surface area contributed by atoms with Crippen molar-refractivity contribution in [2.45, 2.75) is 65.0 Å². The normalized spacial score (nSPS) is 18.5. The van der Waals surface area contributed by atoms with Crippen molar-refractivity contribution in [1.29, 1.82) is 0 Å². The van der Waals surface area contributed by atoms with Crippen molar-refractivity contribution in [3.05, 3.63) is 108 Å². The third-order valence-corrected chi connectivity index (χ3v) is 6.62. The Balaban J connectivity index is 1.80. The Labute approximate surface area is 203 Å². The summed E-state index contributed by atoms with van der Waals surface area (Å²) in [6.45, 7) is 15.7. The summed E-state index contributed by atoms with van der Waals surface area (Å²) in [5.74, 6) is 0. The van der Waals surface area contributed by atoms with Gasteiger partial charge in [-0.05, 0) is 48.8 Å². The van der Waals surface area contributed by atoms with Crippen molar-refractivity contribution < 1.29 is 8.78 Å². The molecule has 34 heavy (non-hydrogen) atoms. The molecule has 0 fully saturated rings. The number of hydrogen-bond acceptors (Lipinski definition) is 2. The van der Waals surface area contributed by atoms with Gasteiger partial charge in [0.25, 0.3) is 0 Å². The fraction of sp³-hybridized carbons (Fsp3) is 0.333. The Hall–Kier alpha value is -3.14. The van der Waals surface area contributed by atoms with E-state index in [1.165, 1.54) is 6.92 Å². The molecule has 1 aliphatic rings. The Morgan fingerprint density at radius 2 is 1.65 bits per heavy atom. The fourth-order valence-electron chi connectivity index (χ4n) is 4.59. The molecule has 0 saturated carbocycles. The van der Waals surface area contributed by atoms with Crippen LogP contribution in [0.25, 0.3) is 0 Å². The summed E-state index contributed by atoms with van der Waals surface area (Å²) in [6.07, 6.45) is 7.49. The van der Waals surface area contributed by atoms with E-state index in [-0.39, 0.29) is 5.41 Å². The van der Waals surface area contributed by atoms with Crippen LogP contribution in [0.2, 0.25) is 0 Å². The number of hydrogen-bond donors (Lipinski definition) is 1. The fourth-order valence-corrected chi connectivity index (χ4v) is 4.59. The monoisotopic (exact) mass is 462 g/mol. The predicted molar refractivity (Wildman–Crippen MR) is 142 cm³/mol. The Kier molecular flexibility index (Phi) is 7.50. The van der Waals surface area contributed by atoms with Gasteiger partial charge in [-0.2, -0.15) is 0 Å². The van der Waals surface area contributed by atoms with E-state index >= 15 is 0 Å². The molecule has 0 bridgehead atoms. The lowest BCUT2D eigenvalue weighted by molar-refractivity contribution is 0.356. The SMILES string of the molecule is C=C(/C=C/C=C/C=C1/N(C(C)F)c2ccccc2C1(C)C)C(C)(C)c1ccccc1NC(C)F. The van der Waals surface area contributed by atoms with Crippen LogP contribution in [-0.2, 0) is 10.8 Å². The minimum absolute atomic E-state index is 0.291. The van der Waals surface area contributed by atoms with Crippen molar-refractivity contribution >= 4 is 11.4 Å². The average molecular weight is 463 g/mol. The zero-order valence-corrected chi connectivity index (χ0v) is 21.1. The van der Waals surface area contributed by atoms with Crippen molar-refractivity contribution in [1.82, 2.24) is 0 Å². The second kappa shape index (κ2) is 10.0. The first-order valence-corrected chi connectivity index (χ1v) is 11.8. The van der Waals surface area contributed by atoms with Gasteiger partial charge in [-0.1, -0.05) is 95.0 Å². The molecule has 0 amide bonds. The zero-order valence-electron chi connectivity index (χ0n) is 21.1. The lowest BCUT2D eigenvalue weighted by atomic mass is 9.77. The van der Waals surface area contributed by atoms with Gasteiger partial charge in [0, 0.05) is 27.9 Å². The highest BCUT2D eigenvalue weighted by molar-refractivity contribution is 5.71. The molecule has 0 aromatic heterocycles. The highest BCUT2D eigenvalue weighted by Gasteiger charge is 2.41. The summed E-state index contributed by atoms with van der Waals surface area (Å²) in [6, 6.07) is 15.7. The van der Waals surface area contributed by atoms with E-state index in [2.05, 4.69) is 45.7 Å². The Morgan fingerprint density at radius 3 is 2.32 bits per heavy atom. The molecular weight excluding hydrogens is 426 g/mol. The highest BCUT2D eigenvalue weighted by atomic mass is 19.1. The van der Waals surface area contributed by atoms with Crippen LogP contribution in [0.15, 0.2) is 96.8 Å². The molecule has 2 aromatic carbocycles. The summed E-state index contributed by atoms with van der Waals surface area (Å²) < 4.78 is 28.2. The molecule has 2 nitrogen and oxygen atoms in total. The molecule has 0 radical (unpaired) electrons. The van der Waals surface area contributed by atoms with Crippen LogP contribution in [0.4, 0.5) is 20.2 Å².